The van der Waals surface area contributed by atoms with Crippen molar-refractivity contribution in [3.05, 3.63) is 27.5 Å². The van der Waals surface area contributed by atoms with Crippen LogP contribution in [0.25, 0.3) is 10.1 Å². The van der Waals surface area contributed by atoms with Crippen LogP contribution in [0.5, 0.6) is 5.75 Å². The largest absolute Gasteiger partial charge is 0.507 e. The molecular weight excluding hydrogens is 268 g/mol. The monoisotopic (exact) mass is 272 g/mol. The molecule has 0 saturated heterocycles. The molecule has 0 saturated carbocycles. The molecule has 0 aliphatic heterocycles. The Labute approximate surface area is 91.7 Å². The lowest BCUT2D eigenvalue weighted by Crippen LogP contribution is -1.89. The van der Waals surface area contributed by atoms with Gasteiger partial charge < -0.3 is 10.2 Å². The number of carboxylic acid groups (broad SMARTS) is 1. The van der Waals surface area contributed by atoms with Crippen LogP contribution in [-0.2, 0) is 0 Å². The normalized spacial score (nSPS) is 10.6. The highest BCUT2D eigenvalue weighted by Gasteiger charge is 2.11. The topological polar surface area (TPSA) is 57.5 Å². The third-order valence-corrected chi connectivity index (χ3v) is 3.75. The first-order chi connectivity index (χ1) is 6.59. The molecule has 0 spiro atoms. The van der Waals surface area contributed by atoms with Gasteiger partial charge in [-0.25, -0.2) is 4.79 Å². The van der Waals surface area contributed by atoms with Crippen LogP contribution in [0.2, 0.25) is 0 Å². The summed E-state index contributed by atoms with van der Waals surface area (Å²) >= 11 is 4.39. The number of phenolic OH excluding ortho intramolecular Hbond substituents is 1. The molecule has 2 rings (SSSR count). The van der Waals surface area contributed by atoms with Crippen LogP contribution < -0.4 is 0 Å². The molecule has 0 fully saturated rings. The summed E-state index contributed by atoms with van der Waals surface area (Å²) in [5.41, 5.74) is 0. The highest BCUT2D eigenvalue weighted by atomic mass is 79.9. The molecule has 0 bridgehead atoms. The number of rotatable bonds is 1. The van der Waals surface area contributed by atoms with Gasteiger partial charge in [-0.3, -0.25) is 0 Å². The molecule has 5 heteroatoms. The Kier molecular flexibility index (Phi) is 2.20. The van der Waals surface area contributed by atoms with E-state index in [2.05, 4.69) is 15.9 Å². The summed E-state index contributed by atoms with van der Waals surface area (Å²) in [6.07, 6.45) is 0. The summed E-state index contributed by atoms with van der Waals surface area (Å²) in [5, 5.41) is 18.9. The fourth-order valence-electron chi connectivity index (χ4n) is 1.17. The maximum atomic E-state index is 10.7. The van der Waals surface area contributed by atoms with Crippen LogP contribution in [0.3, 0.4) is 0 Å². The molecule has 0 atom stereocenters. The van der Waals surface area contributed by atoms with E-state index in [1.54, 1.807) is 12.1 Å². The van der Waals surface area contributed by atoms with E-state index in [1.165, 1.54) is 17.4 Å². The van der Waals surface area contributed by atoms with Crippen LogP contribution in [-0.4, -0.2) is 16.2 Å². The third-order valence-electron chi connectivity index (χ3n) is 1.83. The standard InChI is InChI=1S/C9H5BrO3S/c10-8-4-3-7(9(12)13)14-6(4)2-1-5(8)11/h1-3,11H,(H,12,13). The zero-order chi connectivity index (χ0) is 10.3. The molecule has 3 nitrogen and oxygen atoms in total. The third kappa shape index (κ3) is 1.38. The average Bonchev–Trinajstić information content (AvgIpc) is 2.56. The minimum atomic E-state index is -0.947. The van der Waals surface area contributed by atoms with Crippen LogP contribution >= 0.6 is 27.3 Å². The number of hydrogen-bond donors (Lipinski definition) is 2. The smallest absolute Gasteiger partial charge is 0.345 e. The highest BCUT2D eigenvalue weighted by Crippen LogP contribution is 2.36. The predicted octanol–water partition coefficient (Wildman–Crippen LogP) is 3.07. The van der Waals surface area contributed by atoms with E-state index in [9.17, 15) is 9.90 Å². The van der Waals surface area contributed by atoms with Gasteiger partial charge in [0, 0.05) is 10.1 Å². The van der Waals surface area contributed by atoms with E-state index < -0.39 is 5.97 Å². The summed E-state index contributed by atoms with van der Waals surface area (Å²) in [6.45, 7) is 0. The second-order valence-corrected chi connectivity index (χ2v) is 4.60. The maximum Gasteiger partial charge on any atom is 0.345 e. The number of halogens is 1. The van der Waals surface area contributed by atoms with Gasteiger partial charge in [-0.1, -0.05) is 0 Å². The van der Waals surface area contributed by atoms with Crippen molar-refractivity contribution in [2.45, 2.75) is 0 Å². The Hall–Kier alpha value is -1.07. The molecule has 2 aromatic rings. The molecule has 1 heterocycles. The number of carbonyl (C=O) groups is 1. The number of phenols is 1. The molecule has 0 aliphatic rings. The van der Waals surface area contributed by atoms with Crippen LogP contribution in [0.1, 0.15) is 9.67 Å². The SMILES string of the molecule is O=C(O)c1cc2c(Br)c(O)ccc2s1. The molecule has 0 unspecified atom stereocenters. The Bertz CT molecular complexity index is 518. The minimum Gasteiger partial charge on any atom is -0.507 e. The van der Waals surface area contributed by atoms with Gasteiger partial charge in [0.25, 0.3) is 0 Å². The van der Waals surface area contributed by atoms with Crippen molar-refractivity contribution in [1.29, 1.82) is 0 Å². The van der Waals surface area contributed by atoms with Gasteiger partial charge in [-0.15, -0.1) is 11.3 Å². The molecule has 0 radical (unpaired) electrons. The van der Waals surface area contributed by atoms with E-state index in [0.29, 0.717) is 4.47 Å². The summed E-state index contributed by atoms with van der Waals surface area (Å²) < 4.78 is 1.38. The molecule has 0 amide bonds. The van der Waals surface area contributed by atoms with Crippen LogP contribution in [0, 0.1) is 0 Å². The number of carboxylic acids is 1. The summed E-state index contributed by atoms with van der Waals surface area (Å²) in [4.78, 5) is 11.0. The summed E-state index contributed by atoms with van der Waals surface area (Å²) in [5.74, 6) is -0.829. The first kappa shape index (κ1) is 9.48. The molecular formula is C9H5BrO3S. The van der Waals surface area contributed by atoms with E-state index in [-0.39, 0.29) is 10.6 Å². The number of fused-ring (bicyclic) bond motifs is 1. The Morgan fingerprint density at radius 3 is 2.79 bits per heavy atom. The number of aromatic carboxylic acids is 1. The zero-order valence-electron chi connectivity index (χ0n) is 6.82. The maximum absolute atomic E-state index is 10.7. The lowest BCUT2D eigenvalue weighted by Gasteiger charge is -1.96. The molecule has 72 valence electrons. The molecule has 2 N–H and O–H groups in total. The fourth-order valence-corrected chi connectivity index (χ4v) is 2.67. The van der Waals surface area contributed by atoms with Gasteiger partial charge in [0.05, 0.1) is 4.47 Å². The molecule has 0 aliphatic carbocycles. The number of benzene rings is 1. The van der Waals surface area contributed by atoms with Crippen LogP contribution in [0.15, 0.2) is 22.7 Å². The first-order valence-electron chi connectivity index (χ1n) is 3.74. The van der Waals surface area contributed by atoms with Gasteiger partial charge in [0.2, 0.25) is 0 Å². The van der Waals surface area contributed by atoms with Gasteiger partial charge in [-0.05, 0) is 34.1 Å². The highest BCUT2D eigenvalue weighted by molar-refractivity contribution is 9.10. The van der Waals surface area contributed by atoms with Crippen LogP contribution in [0.4, 0.5) is 0 Å². The van der Waals surface area contributed by atoms with Crippen molar-refractivity contribution in [2.75, 3.05) is 0 Å². The lowest BCUT2D eigenvalue weighted by atomic mass is 10.2. The number of aromatic hydroxyl groups is 1. The minimum absolute atomic E-state index is 0.118. The summed E-state index contributed by atoms with van der Waals surface area (Å²) in [7, 11) is 0. The summed E-state index contributed by atoms with van der Waals surface area (Å²) in [6, 6.07) is 4.78. The second kappa shape index (κ2) is 3.25. The van der Waals surface area contributed by atoms with Crippen molar-refractivity contribution in [2.24, 2.45) is 0 Å². The first-order valence-corrected chi connectivity index (χ1v) is 5.35. The van der Waals surface area contributed by atoms with E-state index in [4.69, 9.17) is 5.11 Å². The van der Waals surface area contributed by atoms with Crippen molar-refractivity contribution < 1.29 is 15.0 Å². The quantitative estimate of drug-likeness (QED) is 0.839. The number of thiophene rings is 1. The Morgan fingerprint density at radius 2 is 2.14 bits per heavy atom. The molecule has 14 heavy (non-hydrogen) atoms. The van der Waals surface area contributed by atoms with Crippen molar-refractivity contribution in [1.82, 2.24) is 0 Å². The number of hydrogen-bond acceptors (Lipinski definition) is 3. The zero-order valence-corrected chi connectivity index (χ0v) is 9.22. The predicted molar refractivity (Wildman–Crippen MR) is 58.1 cm³/mol. The molecule has 1 aromatic heterocycles. The molecule has 1 aromatic carbocycles. The van der Waals surface area contributed by atoms with E-state index >= 15 is 0 Å². The van der Waals surface area contributed by atoms with Gasteiger partial charge in [0.1, 0.15) is 10.6 Å². The average molecular weight is 273 g/mol. The Morgan fingerprint density at radius 1 is 1.43 bits per heavy atom. The van der Waals surface area contributed by atoms with E-state index in [1.807, 2.05) is 0 Å². The lowest BCUT2D eigenvalue weighted by molar-refractivity contribution is 0.0702. The van der Waals surface area contributed by atoms with Crippen molar-refractivity contribution >= 4 is 43.3 Å². The van der Waals surface area contributed by atoms with Crippen molar-refractivity contribution in [3.63, 3.8) is 0 Å². The van der Waals surface area contributed by atoms with Gasteiger partial charge in [0.15, 0.2) is 0 Å². The van der Waals surface area contributed by atoms with Gasteiger partial charge in [-0.2, -0.15) is 0 Å². The second-order valence-electron chi connectivity index (χ2n) is 2.73. The van der Waals surface area contributed by atoms with E-state index in [0.717, 1.165) is 10.1 Å². The van der Waals surface area contributed by atoms with Gasteiger partial charge >= 0.3 is 5.97 Å². The van der Waals surface area contributed by atoms with Crippen molar-refractivity contribution in [3.8, 4) is 5.75 Å². The fraction of sp³-hybridized carbons (Fsp3) is 0. The Balaban J connectivity index is 2.77.